The number of thioether (sulfide) groups is 1. The highest BCUT2D eigenvalue weighted by Gasteiger charge is 2.32. The fraction of sp³-hybridized carbons (Fsp3) is 0.148. The molecule has 39 heavy (non-hydrogen) atoms. The topological polar surface area (TPSA) is 111 Å². The van der Waals surface area contributed by atoms with Crippen LogP contribution in [0.3, 0.4) is 0 Å². The number of hydrogen-bond donors (Lipinski definition) is 1. The van der Waals surface area contributed by atoms with Crippen molar-refractivity contribution in [2.45, 2.75) is 30.2 Å². The minimum absolute atomic E-state index is 0.315. The van der Waals surface area contributed by atoms with E-state index in [1.807, 2.05) is 41.0 Å². The van der Waals surface area contributed by atoms with Crippen LogP contribution in [0.1, 0.15) is 30.8 Å². The lowest BCUT2D eigenvalue weighted by Crippen LogP contribution is -2.24. The molecule has 3 heterocycles. The Morgan fingerprint density at radius 1 is 0.923 bits per heavy atom. The van der Waals surface area contributed by atoms with Crippen molar-refractivity contribution < 1.29 is 4.39 Å². The summed E-state index contributed by atoms with van der Waals surface area (Å²) in [7, 11) is 0. The number of nitrogens with one attached hydrogen (secondary N) is 1. The average molecular weight is 558 g/mol. The summed E-state index contributed by atoms with van der Waals surface area (Å²) in [6, 6.07) is 18.0. The van der Waals surface area contributed by atoms with E-state index in [9.17, 15) is 4.39 Å². The van der Waals surface area contributed by atoms with E-state index in [1.54, 1.807) is 24.5 Å². The Morgan fingerprint density at radius 3 is 2.49 bits per heavy atom. The number of nitrogens with zero attached hydrogens (tertiary/aromatic N) is 8. The number of H-pyrrole nitrogens is 1. The molecule has 0 atom stereocenters. The highest BCUT2D eigenvalue weighted by atomic mass is 35.5. The van der Waals surface area contributed by atoms with Crippen molar-refractivity contribution in [3.05, 3.63) is 101 Å². The summed E-state index contributed by atoms with van der Waals surface area (Å²) in [6.07, 6.45) is 3.35. The van der Waals surface area contributed by atoms with Gasteiger partial charge in [-0.2, -0.15) is 5.21 Å². The molecule has 0 saturated heterocycles. The van der Waals surface area contributed by atoms with Crippen molar-refractivity contribution in [2.75, 3.05) is 0 Å². The first-order valence-corrected chi connectivity index (χ1v) is 13.3. The Kier molecular flexibility index (Phi) is 6.53. The van der Waals surface area contributed by atoms with Gasteiger partial charge in [-0.15, -0.1) is 20.4 Å². The van der Waals surface area contributed by atoms with Gasteiger partial charge in [-0.25, -0.2) is 4.39 Å². The molecule has 0 saturated carbocycles. The number of aromatic amines is 1. The van der Waals surface area contributed by atoms with Crippen molar-refractivity contribution in [2.24, 2.45) is 0 Å². The average Bonchev–Trinajstić information content (AvgIpc) is 3.64. The quantitative estimate of drug-likeness (QED) is 0.245. The van der Waals surface area contributed by atoms with Gasteiger partial charge >= 0.3 is 0 Å². The van der Waals surface area contributed by atoms with Gasteiger partial charge in [0, 0.05) is 29.4 Å². The number of hydrogen-bond acceptors (Lipinski definition) is 8. The first-order chi connectivity index (χ1) is 18.9. The Bertz CT molecular complexity index is 1770. The first kappa shape index (κ1) is 25.1. The second-order valence-corrected chi connectivity index (χ2v) is 10.7. The summed E-state index contributed by atoms with van der Waals surface area (Å²) >= 11 is 7.89. The van der Waals surface area contributed by atoms with Gasteiger partial charge in [0.15, 0.2) is 5.16 Å². The lowest BCUT2D eigenvalue weighted by molar-refractivity contribution is 0.571. The molecule has 12 heteroatoms. The van der Waals surface area contributed by atoms with Crippen LogP contribution in [0, 0.1) is 5.82 Å². The van der Waals surface area contributed by atoms with Crippen molar-refractivity contribution in [3.63, 3.8) is 0 Å². The second kappa shape index (κ2) is 10.2. The Labute approximate surface area is 231 Å². The van der Waals surface area contributed by atoms with E-state index in [2.05, 4.69) is 54.6 Å². The molecular weight excluding hydrogens is 537 g/mol. The lowest BCUT2D eigenvalue weighted by Gasteiger charge is -2.26. The molecule has 0 fully saturated rings. The van der Waals surface area contributed by atoms with Gasteiger partial charge in [0.1, 0.15) is 11.6 Å². The van der Waals surface area contributed by atoms with Crippen molar-refractivity contribution in [3.8, 4) is 17.1 Å². The number of tetrazole rings is 1. The van der Waals surface area contributed by atoms with Crippen LogP contribution in [0.2, 0.25) is 5.02 Å². The normalized spacial score (nSPS) is 11.8. The molecule has 3 aromatic heterocycles. The van der Waals surface area contributed by atoms with E-state index in [4.69, 9.17) is 11.6 Å². The summed E-state index contributed by atoms with van der Waals surface area (Å²) in [5.41, 5.74) is 4.50. The van der Waals surface area contributed by atoms with Gasteiger partial charge < -0.3 is 0 Å². The summed E-state index contributed by atoms with van der Waals surface area (Å²) in [5, 5.41) is 24.6. The molecule has 0 aliphatic heterocycles. The van der Waals surface area contributed by atoms with E-state index in [-0.39, 0.29) is 5.82 Å². The number of benzene rings is 3. The van der Waals surface area contributed by atoms with Crippen molar-refractivity contribution in [1.82, 2.24) is 45.4 Å². The second-order valence-electron chi connectivity index (χ2n) is 9.34. The highest BCUT2D eigenvalue weighted by molar-refractivity contribution is 7.98. The standard InChI is InChI=1S/C27H21ClFN9S/c1-27(2,17-4-10-22-23(14-17)31-12-11-30-22)25-34-35-26(38(25)19-7-5-18(29)6-8-19)39-15-16-3-9-21(28)20(13-16)24-32-36-37-33-24/h3-14H,15H2,1-2H3,(H,32,33,36,37). The maximum atomic E-state index is 13.8. The molecule has 0 bridgehead atoms. The van der Waals surface area contributed by atoms with Crippen molar-refractivity contribution in [1.29, 1.82) is 0 Å². The molecular formula is C27H21ClFN9S. The molecule has 0 amide bonds. The van der Waals surface area contributed by atoms with Crippen LogP contribution in [0.4, 0.5) is 4.39 Å². The van der Waals surface area contributed by atoms with Crippen LogP contribution in [0.25, 0.3) is 28.1 Å². The van der Waals surface area contributed by atoms with Gasteiger partial charge in [0.2, 0.25) is 5.82 Å². The largest absolute Gasteiger partial charge is 0.273 e. The maximum Gasteiger partial charge on any atom is 0.206 e. The fourth-order valence-corrected chi connectivity index (χ4v) is 5.43. The Morgan fingerprint density at radius 2 is 1.72 bits per heavy atom. The Balaban J connectivity index is 1.38. The van der Waals surface area contributed by atoms with E-state index in [1.165, 1.54) is 23.9 Å². The van der Waals surface area contributed by atoms with Crippen LogP contribution in [0.15, 0.2) is 78.2 Å². The molecule has 6 rings (SSSR count). The van der Waals surface area contributed by atoms with Crippen LogP contribution in [0.5, 0.6) is 0 Å². The summed E-state index contributed by atoms with van der Waals surface area (Å²) < 4.78 is 15.8. The highest BCUT2D eigenvalue weighted by Crippen LogP contribution is 2.36. The zero-order chi connectivity index (χ0) is 27.0. The van der Waals surface area contributed by atoms with Gasteiger partial charge in [0.25, 0.3) is 0 Å². The minimum Gasteiger partial charge on any atom is -0.273 e. The number of rotatable bonds is 7. The molecule has 3 aromatic carbocycles. The predicted octanol–water partition coefficient (Wildman–Crippen LogP) is 5.80. The van der Waals surface area contributed by atoms with E-state index in [0.29, 0.717) is 33.1 Å². The molecule has 0 spiro atoms. The molecule has 0 radical (unpaired) electrons. The lowest BCUT2D eigenvalue weighted by atomic mass is 9.83. The molecule has 0 aliphatic rings. The monoisotopic (exact) mass is 557 g/mol. The van der Waals surface area contributed by atoms with Crippen molar-refractivity contribution >= 4 is 34.4 Å². The summed E-state index contributed by atoms with van der Waals surface area (Å²) in [6.45, 7) is 4.17. The molecule has 9 nitrogen and oxygen atoms in total. The summed E-state index contributed by atoms with van der Waals surface area (Å²) in [4.78, 5) is 8.84. The fourth-order valence-electron chi connectivity index (χ4n) is 4.33. The number of fused-ring (bicyclic) bond motifs is 1. The smallest absolute Gasteiger partial charge is 0.206 e. The summed E-state index contributed by atoms with van der Waals surface area (Å²) in [5.74, 6) is 1.40. The molecule has 0 unspecified atom stereocenters. The van der Waals surface area contributed by atoms with E-state index < -0.39 is 5.41 Å². The van der Waals surface area contributed by atoms with Crippen LogP contribution in [-0.4, -0.2) is 45.4 Å². The minimum atomic E-state index is -0.558. The third-order valence-electron chi connectivity index (χ3n) is 6.45. The zero-order valence-corrected chi connectivity index (χ0v) is 22.4. The van der Waals surface area contributed by atoms with Crippen LogP contribution < -0.4 is 0 Å². The van der Waals surface area contributed by atoms with Gasteiger partial charge in [0.05, 0.1) is 21.5 Å². The maximum absolute atomic E-state index is 13.8. The first-order valence-electron chi connectivity index (χ1n) is 12.0. The van der Waals surface area contributed by atoms with E-state index >= 15 is 0 Å². The Hall–Kier alpha value is -4.22. The van der Waals surface area contributed by atoms with Gasteiger partial charge in [-0.1, -0.05) is 35.5 Å². The number of halogens is 2. The SMILES string of the molecule is CC(C)(c1ccc2nccnc2c1)c1nnc(SCc2ccc(Cl)c(-c3nn[nH]n3)c2)n1-c1ccc(F)cc1. The third-order valence-corrected chi connectivity index (χ3v) is 7.78. The van der Waals surface area contributed by atoms with Gasteiger partial charge in [-0.3, -0.25) is 14.5 Å². The molecule has 6 aromatic rings. The van der Waals surface area contributed by atoms with Crippen LogP contribution in [-0.2, 0) is 11.2 Å². The van der Waals surface area contributed by atoms with Crippen LogP contribution >= 0.6 is 23.4 Å². The number of aromatic nitrogens is 9. The zero-order valence-electron chi connectivity index (χ0n) is 20.9. The molecule has 194 valence electrons. The predicted molar refractivity (Wildman–Crippen MR) is 147 cm³/mol. The van der Waals surface area contributed by atoms with E-state index in [0.717, 1.165) is 27.8 Å². The molecule has 0 aliphatic carbocycles. The van der Waals surface area contributed by atoms with Gasteiger partial charge in [-0.05, 0) is 78.7 Å². The third kappa shape index (κ3) is 4.86. The molecule has 1 N–H and O–H groups in total.